The highest BCUT2D eigenvalue weighted by Gasteiger charge is 2.07. The van der Waals surface area contributed by atoms with Crippen LogP contribution in [0.3, 0.4) is 0 Å². The Balaban J connectivity index is 2.20. The fraction of sp³-hybridized carbons (Fsp3) is 0.188. The van der Waals surface area contributed by atoms with Crippen molar-refractivity contribution in [3.8, 4) is 11.1 Å². The van der Waals surface area contributed by atoms with E-state index in [1.807, 2.05) is 54.6 Å². The van der Waals surface area contributed by atoms with Crippen molar-refractivity contribution in [2.24, 2.45) is 0 Å². The monoisotopic (exact) mass is 255 g/mol. The number of benzene rings is 2. The van der Waals surface area contributed by atoms with E-state index in [1.54, 1.807) is 0 Å². The first-order chi connectivity index (χ1) is 9.31. The van der Waals surface area contributed by atoms with E-state index in [0.717, 1.165) is 16.8 Å². The molecule has 0 aliphatic rings. The summed E-state index contributed by atoms with van der Waals surface area (Å²) in [6, 6.07) is 17.7. The second-order valence-corrected chi connectivity index (χ2v) is 4.29. The number of para-hydroxylation sites is 1. The molecule has 3 nitrogen and oxygen atoms in total. The minimum atomic E-state index is -0.0718. The van der Waals surface area contributed by atoms with Gasteiger partial charge in [0.05, 0.1) is 0 Å². The van der Waals surface area contributed by atoms with Crippen LogP contribution in [-0.4, -0.2) is 17.6 Å². The van der Waals surface area contributed by atoms with Crippen LogP contribution in [0.4, 0.5) is 5.69 Å². The number of nitrogens with one attached hydrogen (secondary N) is 1. The Hall–Kier alpha value is -2.13. The highest BCUT2D eigenvalue weighted by Crippen LogP contribution is 2.27. The minimum absolute atomic E-state index is 0.0355. The molecule has 0 atom stereocenters. The summed E-state index contributed by atoms with van der Waals surface area (Å²) in [6.07, 6.45) is 0.818. The molecule has 2 rings (SSSR count). The second-order valence-electron chi connectivity index (χ2n) is 4.29. The third-order valence-electron chi connectivity index (χ3n) is 2.85. The molecule has 2 N–H and O–H groups in total. The number of aliphatic hydroxyl groups excluding tert-OH is 1. The predicted octanol–water partition coefficient (Wildman–Crippen LogP) is 3.06. The molecule has 0 radical (unpaired) electrons. The summed E-state index contributed by atoms with van der Waals surface area (Å²) in [5, 5.41) is 11.6. The van der Waals surface area contributed by atoms with Gasteiger partial charge in [0, 0.05) is 24.3 Å². The van der Waals surface area contributed by atoms with E-state index in [9.17, 15) is 4.79 Å². The van der Waals surface area contributed by atoms with Crippen molar-refractivity contribution < 1.29 is 9.90 Å². The van der Waals surface area contributed by atoms with E-state index in [0.29, 0.717) is 12.8 Å². The zero-order valence-corrected chi connectivity index (χ0v) is 10.7. The Morgan fingerprint density at radius 2 is 1.68 bits per heavy atom. The second kappa shape index (κ2) is 6.71. The fourth-order valence-corrected chi connectivity index (χ4v) is 1.91. The van der Waals surface area contributed by atoms with Crippen molar-refractivity contribution in [1.29, 1.82) is 0 Å². The third kappa shape index (κ3) is 3.66. The molecule has 19 heavy (non-hydrogen) atoms. The summed E-state index contributed by atoms with van der Waals surface area (Å²) in [6.45, 7) is 0.0355. The van der Waals surface area contributed by atoms with Crippen LogP contribution >= 0.6 is 0 Å². The molecular formula is C16H17NO2. The van der Waals surface area contributed by atoms with Crippen LogP contribution in [0.15, 0.2) is 54.6 Å². The van der Waals surface area contributed by atoms with Gasteiger partial charge < -0.3 is 10.4 Å². The molecule has 0 saturated carbocycles. The molecule has 0 spiro atoms. The van der Waals surface area contributed by atoms with E-state index in [-0.39, 0.29) is 12.5 Å². The SMILES string of the molecule is O=C(CCCO)Nc1ccccc1-c1ccccc1. The molecular weight excluding hydrogens is 238 g/mol. The molecule has 0 saturated heterocycles. The van der Waals surface area contributed by atoms with Crippen LogP contribution in [0, 0.1) is 0 Å². The molecule has 0 unspecified atom stereocenters. The maximum absolute atomic E-state index is 11.7. The van der Waals surface area contributed by atoms with E-state index >= 15 is 0 Å². The molecule has 1 amide bonds. The normalized spacial score (nSPS) is 10.2. The van der Waals surface area contributed by atoms with Gasteiger partial charge in [0.15, 0.2) is 0 Å². The summed E-state index contributed by atoms with van der Waals surface area (Å²) >= 11 is 0. The lowest BCUT2D eigenvalue weighted by atomic mass is 10.0. The van der Waals surface area contributed by atoms with Gasteiger partial charge in [-0.3, -0.25) is 4.79 Å². The Morgan fingerprint density at radius 3 is 2.42 bits per heavy atom. The summed E-state index contributed by atoms with van der Waals surface area (Å²) in [5.74, 6) is -0.0718. The van der Waals surface area contributed by atoms with Crippen LogP contribution in [0.1, 0.15) is 12.8 Å². The zero-order chi connectivity index (χ0) is 13.5. The Kier molecular flexibility index (Phi) is 4.70. The average Bonchev–Trinajstić information content (AvgIpc) is 2.46. The number of amides is 1. The Bertz CT molecular complexity index is 537. The lowest BCUT2D eigenvalue weighted by molar-refractivity contribution is -0.116. The first kappa shape index (κ1) is 13.3. The maximum atomic E-state index is 11.7. The minimum Gasteiger partial charge on any atom is -0.396 e. The fourth-order valence-electron chi connectivity index (χ4n) is 1.91. The summed E-state index contributed by atoms with van der Waals surface area (Å²) < 4.78 is 0. The van der Waals surface area contributed by atoms with Gasteiger partial charge in [-0.15, -0.1) is 0 Å². The van der Waals surface area contributed by atoms with Crippen LogP contribution in [0.5, 0.6) is 0 Å². The molecule has 0 aromatic heterocycles. The van der Waals surface area contributed by atoms with Gasteiger partial charge in [-0.25, -0.2) is 0 Å². The highest BCUT2D eigenvalue weighted by molar-refractivity contribution is 5.95. The third-order valence-corrected chi connectivity index (χ3v) is 2.85. The molecule has 0 fully saturated rings. The molecule has 3 heteroatoms. The number of hydrogen-bond donors (Lipinski definition) is 2. The summed E-state index contributed by atoms with van der Waals surface area (Å²) in [7, 11) is 0. The number of rotatable bonds is 5. The smallest absolute Gasteiger partial charge is 0.224 e. The topological polar surface area (TPSA) is 49.3 Å². The van der Waals surface area contributed by atoms with E-state index in [4.69, 9.17) is 5.11 Å². The van der Waals surface area contributed by atoms with Crippen LogP contribution in [-0.2, 0) is 4.79 Å². The summed E-state index contributed by atoms with van der Waals surface area (Å²) in [4.78, 5) is 11.7. The highest BCUT2D eigenvalue weighted by atomic mass is 16.3. The zero-order valence-electron chi connectivity index (χ0n) is 10.7. The van der Waals surface area contributed by atoms with Gasteiger partial charge in [0.25, 0.3) is 0 Å². The van der Waals surface area contributed by atoms with Gasteiger partial charge in [0.1, 0.15) is 0 Å². The van der Waals surface area contributed by atoms with Gasteiger partial charge in [0.2, 0.25) is 5.91 Å². The number of aliphatic hydroxyl groups is 1. The molecule has 0 aliphatic carbocycles. The first-order valence-corrected chi connectivity index (χ1v) is 6.36. The van der Waals surface area contributed by atoms with Crippen LogP contribution < -0.4 is 5.32 Å². The van der Waals surface area contributed by atoms with Crippen molar-refractivity contribution in [3.63, 3.8) is 0 Å². The van der Waals surface area contributed by atoms with Crippen molar-refractivity contribution in [2.75, 3.05) is 11.9 Å². The van der Waals surface area contributed by atoms with Gasteiger partial charge >= 0.3 is 0 Å². The quantitative estimate of drug-likeness (QED) is 0.862. The molecule has 98 valence electrons. The van der Waals surface area contributed by atoms with E-state index in [2.05, 4.69) is 5.32 Å². The van der Waals surface area contributed by atoms with Crippen molar-refractivity contribution >= 4 is 11.6 Å². The predicted molar refractivity (Wildman–Crippen MR) is 76.8 cm³/mol. The summed E-state index contributed by atoms with van der Waals surface area (Å²) in [5.41, 5.74) is 2.87. The van der Waals surface area contributed by atoms with Gasteiger partial charge in [-0.2, -0.15) is 0 Å². The molecule has 0 heterocycles. The lowest BCUT2D eigenvalue weighted by Crippen LogP contribution is -2.12. The Morgan fingerprint density at radius 1 is 1.00 bits per heavy atom. The molecule has 0 bridgehead atoms. The largest absolute Gasteiger partial charge is 0.396 e. The number of hydrogen-bond acceptors (Lipinski definition) is 2. The average molecular weight is 255 g/mol. The van der Waals surface area contributed by atoms with E-state index in [1.165, 1.54) is 0 Å². The number of anilines is 1. The van der Waals surface area contributed by atoms with Crippen LogP contribution in [0.25, 0.3) is 11.1 Å². The molecule has 0 aliphatic heterocycles. The standard InChI is InChI=1S/C16H17NO2/c18-12-6-11-16(19)17-15-10-5-4-9-14(15)13-7-2-1-3-8-13/h1-5,7-10,18H,6,11-12H2,(H,17,19). The van der Waals surface area contributed by atoms with Crippen molar-refractivity contribution in [1.82, 2.24) is 0 Å². The van der Waals surface area contributed by atoms with Crippen LogP contribution in [0.2, 0.25) is 0 Å². The van der Waals surface area contributed by atoms with Crippen molar-refractivity contribution in [2.45, 2.75) is 12.8 Å². The van der Waals surface area contributed by atoms with Gasteiger partial charge in [-0.05, 0) is 18.1 Å². The first-order valence-electron chi connectivity index (χ1n) is 6.36. The lowest BCUT2D eigenvalue weighted by Gasteiger charge is -2.11. The maximum Gasteiger partial charge on any atom is 0.224 e. The van der Waals surface area contributed by atoms with Crippen molar-refractivity contribution in [3.05, 3.63) is 54.6 Å². The number of carbonyl (C=O) groups excluding carboxylic acids is 1. The van der Waals surface area contributed by atoms with E-state index < -0.39 is 0 Å². The molecule has 2 aromatic rings. The Labute approximate surface area is 112 Å². The number of carbonyl (C=O) groups is 1. The van der Waals surface area contributed by atoms with Gasteiger partial charge in [-0.1, -0.05) is 48.5 Å². The molecule has 2 aromatic carbocycles.